The largest absolute Gasteiger partial charge is 0.481 e. The third-order valence-electron chi connectivity index (χ3n) is 3.00. The van der Waals surface area contributed by atoms with Gasteiger partial charge in [-0.25, -0.2) is 4.79 Å². The van der Waals surface area contributed by atoms with E-state index >= 15 is 0 Å². The minimum Gasteiger partial charge on any atom is -0.481 e. The number of likely N-dealkylation sites (tertiary alicyclic amines) is 1. The number of carbonyl (C=O) groups is 2. The van der Waals surface area contributed by atoms with Gasteiger partial charge in [0.05, 0.1) is 0 Å². The number of urea groups is 1. The third-order valence-corrected chi connectivity index (χ3v) is 3.00. The molecule has 1 heterocycles. The lowest BCUT2D eigenvalue weighted by Gasteiger charge is -2.35. The summed E-state index contributed by atoms with van der Waals surface area (Å²) >= 11 is 0. The molecule has 0 aromatic heterocycles. The van der Waals surface area contributed by atoms with Crippen LogP contribution in [0.2, 0.25) is 0 Å². The Kier molecular flexibility index (Phi) is 5.76. The summed E-state index contributed by atoms with van der Waals surface area (Å²) in [6.07, 6.45) is 3.59. The van der Waals surface area contributed by atoms with E-state index in [4.69, 9.17) is 10.8 Å². The minimum absolute atomic E-state index is 0.0534. The number of nitrogens with two attached hydrogens (primary N) is 1. The van der Waals surface area contributed by atoms with Crippen molar-refractivity contribution in [2.75, 3.05) is 19.6 Å². The monoisotopic (exact) mass is 243 g/mol. The first kappa shape index (κ1) is 13.8. The second-order valence-electron chi connectivity index (χ2n) is 4.30. The van der Waals surface area contributed by atoms with Crippen LogP contribution in [-0.4, -0.2) is 47.7 Å². The van der Waals surface area contributed by atoms with Gasteiger partial charge in [-0.1, -0.05) is 0 Å². The molecular formula is C11H21N3O3. The highest BCUT2D eigenvalue weighted by Crippen LogP contribution is 2.20. The Balaban J connectivity index is 2.46. The maximum Gasteiger partial charge on any atom is 0.317 e. The summed E-state index contributed by atoms with van der Waals surface area (Å²) in [7, 11) is 0. The summed E-state index contributed by atoms with van der Waals surface area (Å²) in [6, 6.07) is -0.0665. The first-order chi connectivity index (χ1) is 8.15. The van der Waals surface area contributed by atoms with E-state index < -0.39 is 5.97 Å². The van der Waals surface area contributed by atoms with Crippen LogP contribution >= 0.6 is 0 Å². The highest BCUT2D eigenvalue weighted by molar-refractivity contribution is 5.74. The number of amides is 2. The van der Waals surface area contributed by atoms with Crippen molar-refractivity contribution in [2.45, 2.75) is 38.1 Å². The van der Waals surface area contributed by atoms with Gasteiger partial charge in [-0.2, -0.15) is 0 Å². The molecule has 1 rings (SSSR count). The summed E-state index contributed by atoms with van der Waals surface area (Å²) in [5.74, 6) is -0.808. The van der Waals surface area contributed by atoms with Crippen molar-refractivity contribution in [3.8, 4) is 0 Å². The number of carboxylic acids is 1. The second-order valence-corrected chi connectivity index (χ2v) is 4.30. The fraction of sp³-hybridized carbons (Fsp3) is 0.818. The second kappa shape index (κ2) is 7.11. The van der Waals surface area contributed by atoms with Gasteiger partial charge in [0.25, 0.3) is 0 Å². The fourth-order valence-corrected chi connectivity index (χ4v) is 2.14. The average Bonchev–Trinajstić information content (AvgIpc) is 2.33. The van der Waals surface area contributed by atoms with Crippen molar-refractivity contribution in [2.24, 2.45) is 5.73 Å². The molecule has 6 heteroatoms. The zero-order valence-electron chi connectivity index (χ0n) is 10.0. The minimum atomic E-state index is -0.808. The van der Waals surface area contributed by atoms with Gasteiger partial charge in [0.1, 0.15) is 0 Å². The van der Waals surface area contributed by atoms with E-state index in [0.29, 0.717) is 26.1 Å². The number of carbonyl (C=O) groups excluding carboxylic acids is 1. The Morgan fingerprint density at radius 3 is 2.82 bits per heavy atom. The molecule has 0 aromatic rings. The van der Waals surface area contributed by atoms with Crippen LogP contribution in [0.3, 0.4) is 0 Å². The van der Waals surface area contributed by atoms with Gasteiger partial charge >= 0.3 is 12.0 Å². The molecule has 1 saturated heterocycles. The first-order valence-electron chi connectivity index (χ1n) is 6.11. The number of nitrogens with one attached hydrogen (secondary N) is 1. The van der Waals surface area contributed by atoms with Crippen molar-refractivity contribution in [3.05, 3.63) is 0 Å². The van der Waals surface area contributed by atoms with E-state index in [1.165, 1.54) is 0 Å². The van der Waals surface area contributed by atoms with Crippen LogP contribution in [0, 0.1) is 0 Å². The molecule has 98 valence electrons. The number of hydrogen-bond acceptors (Lipinski definition) is 3. The Labute approximate surface area is 101 Å². The number of carboxylic acid groups (broad SMARTS) is 1. The van der Waals surface area contributed by atoms with Gasteiger partial charge in [-0.3, -0.25) is 4.79 Å². The standard InChI is InChI=1S/C11H21N3O3/c12-6-7-13-11(17)14-8-2-1-3-9(14)4-5-10(15)16/h9H,1-8,12H2,(H,13,17)(H,15,16). The number of nitrogens with zero attached hydrogens (tertiary/aromatic N) is 1. The topological polar surface area (TPSA) is 95.7 Å². The van der Waals surface area contributed by atoms with E-state index in [2.05, 4.69) is 5.32 Å². The van der Waals surface area contributed by atoms with E-state index in [-0.39, 0.29) is 18.5 Å². The molecule has 0 bridgehead atoms. The van der Waals surface area contributed by atoms with E-state index in [0.717, 1.165) is 19.3 Å². The van der Waals surface area contributed by atoms with Gasteiger partial charge < -0.3 is 21.1 Å². The molecule has 1 unspecified atom stereocenters. The lowest BCUT2D eigenvalue weighted by atomic mass is 9.98. The van der Waals surface area contributed by atoms with Crippen LogP contribution in [-0.2, 0) is 4.79 Å². The maximum atomic E-state index is 11.8. The van der Waals surface area contributed by atoms with E-state index in [1.807, 2.05) is 0 Å². The molecule has 1 aliphatic heterocycles. The predicted octanol–water partition coefficient (Wildman–Crippen LogP) is 0.374. The van der Waals surface area contributed by atoms with Gasteiger partial charge in [-0.05, 0) is 25.7 Å². The van der Waals surface area contributed by atoms with Crippen LogP contribution in [0.5, 0.6) is 0 Å². The normalized spacial score (nSPS) is 20.1. The molecule has 2 amide bonds. The van der Waals surface area contributed by atoms with Gasteiger partial charge in [0.15, 0.2) is 0 Å². The Bertz CT molecular complexity index is 271. The van der Waals surface area contributed by atoms with Crippen molar-refractivity contribution in [1.82, 2.24) is 10.2 Å². The zero-order chi connectivity index (χ0) is 12.7. The summed E-state index contributed by atoms with van der Waals surface area (Å²) in [4.78, 5) is 24.1. The quantitative estimate of drug-likeness (QED) is 0.650. The summed E-state index contributed by atoms with van der Waals surface area (Å²) < 4.78 is 0. The molecular weight excluding hydrogens is 222 g/mol. The first-order valence-corrected chi connectivity index (χ1v) is 6.11. The van der Waals surface area contributed by atoms with Crippen molar-refractivity contribution in [1.29, 1.82) is 0 Å². The summed E-state index contributed by atoms with van der Waals surface area (Å²) in [6.45, 7) is 1.58. The molecule has 1 aliphatic rings. The smallest absolute Gasteiger partial charge is 0.317 e. The predicted molar refractivity (Wildman–Crippen MR) is 63.7 cm³/mol. The van der Waals surface area contributed by atoms with Crippen LogP contribution in [0.15, 0.2) is 0 Å². The van der Waals surface area contributed by atoms with Gasteiger partial charge in [0, 0.05) is 32.1 Å². The van der Waals surface area contributed by atoms with E-state index in [1.54, 1.807) is 4.90 Å². The van der Waals surface area contributed by atoms with Crippen LogP contribution in [0.25, 0.3) is 0 Å². The molecule has 0 aliphatic carbocycles. The van der Waals surface area contributed by atoms with Crippen LogP contribution < -0.4 is 11.1 Å². The SMILES string of the molecule is NCCNC(=O)N1CCCCC1CCC(=O)O. The van der Waals surface area contributed by atoms with Crippen molar-refractivity contribution >= 4 is 12.0 Å². The summed E-state index contributed by atoms with van der Waals surface area (Å²) in [5.41, 5.74) is 5.33. The molecule has 0 spiro atoms. The number of rotatable bonds is 5. The lowest BCUT2D eigenvalue weighted by molar-refractivity contribution is -0.137. The molecule has 0 saturated carbocycles. The average molecular weight is 243 g/mol. The highest BCUT2D eigenvalue weighted by atomic mass is 16.4. The maximum absolute atomic E-state index is 11.8. The molecule has 0 radical (unpaired) electrons. The van der Waals surface area contributed by atoms with Crippen molar-refractivity contribution < 1.29 is 14.7 Å². The van der Waals surface area contributed by atoms with E-state index in [9.17, 15) is 9.59 Å². The lowest BCUT2D eigenvalue weighted by Crippen LogP contribution is -2.49. The number of aliphatic carboxylic acids is 1. The molecule has 1 atom stereocenters. The highest BCUT2D eigenvalue weighted by Gasteiger charge is 2.26. The zero-order valence-corrected chi connectivity index (χ0v) is 10.0. The van der Waals surface area contributed by atoms with Crippen LogP contribution in [0.4, 0.5) is 4.79 Å². The van der Waals surface area contributed by atoms with Gasteiger partial charge in [0.2, 0.25) is 0 Å². The Hall–Kier alpha value is -1.30. The number of hydrogen-bond donors (Lipinski definition) is 3. The molecule has 6 nitrogen and oxygen atoms in total. The third kappa shape index (κ3) is 4.60. The van der Waals surface area contributed by atoms with Crippen molar-refractivity contribution in [3.63, 3.8) is 0 Å². The number of piperidine rings is 1. The molecule has 0 aromatic carbocycles. The van der Waals surface area contributed by atoms with Crippen LogP contribution in [0.1, 0.15) is 32.1 Å². The molecule has 4 N–H and O–H groups in total. The molecule has 1 fully saturated rings. The fourth-order valence-electron chi connectivity index (χ4n) is 2.14. The summed E-state index contributed by atoms with van der Waals surface area (Å²) in [5, 5.41) is 11.4. The Morgan fingerprint density at radius 2 is 2.18 bits per heavy atom. The Morgan fingerprint density at radius 1 is 1.41 bits per heavy atom. The molecule has 17 heavy (non-hydrogen) atoms. The van der Waals surface area contributed by atoms with Gasteiger partial charge in [-0.15, -0.1) is 0 Å².